The van der Waals surface area contributed by atoms with E-state index in [4.69, 9.17) is 11.6 Å². The van der Waals surface area contributed by atoms with Crippen molar-refractivity contribution in [3.8, 4) is 0 Å². The van der Waals surface area contributed by atoms with Crippen LogP contribution in [0, 0.1) is 0 Å². The number of rotatable bonds is 4. The molecule has 1 aromatic carbocycles. The zero-order valence-corrected chi connectivity index (χ0v) is 11.2. The molecule has 0 spiro atoms. The molecule has 1 saturated heterocycles. The Balaban J connectivity index is 1.72. The minimum atomic E-state index is 0.138. The number of hydrogen-bond acceptors (Lipinski definition) is 2. The maximum absolute atomic E-state index is 11.8. The van der Waals surface area contributed by atoms with Gasteiger partial charge in [0, 0.05) is 24.0 Å². The minimum absolute atomic E-state index is 0.138. The van der Waals surface area contributed by atoms with Crippen LogP contribution in [0.4, 0.5) is 0 Å². The van der Waals surface area contributed by atoms with Gasteiger partial charge in [-0.3, -0.25) is 4.79 Å². The van der Waals surface area contributed by atoms with Crippen molar-refractivity contribution in [3.05, 3.63) is 34.9 Å². The predicted molar refractivity (Wildman–Crippen MR) is 73.8 cm³/mol. The monoisotopic (exact) mass is 266 g/mol. The normalized spacial score (nSPS) is 19.5. The Bertz CT molecular complexity index is 385. The molecule has 98 valence electrons. The number of hydrogen-bond donors (Lipinski definition) is 2. The maximum Gasteiger partial charge on any atom is 0.220 e. The van der Waals surface area contributed by atoms with E-state index in [-0.39, 0.29) is 5.91 Å². The van der Waals surface area contributed by atoms with Crippen LogP contribution in [0.3, 0.4) is 0 Å². The molecule has 0 radical (unpaired) electrons. The Morgan fingerprint density at radius 3 is 2.83 bits per heavy atom. The second-order valence-electron chi connectivity index (χ2n) is 4.74. The van der Waals surface area contributed by atoms with Gasteiger partial charge in [0.25, 0.3) is 0 Å². The summed E-state index contributed by atoms with van der Waals surface area (Å²) in [4.78, 5) is 11.8. The Morgan fingerprint density at radius 2 is 2.17 bits per heavy atom. The molecule has 1 aliphatic heterocycles. The quantitative estimate of drug-likeness (QED) is 0.877. The van der Waals surface area contributed by atoms with Crippen LogP contribution in [0.2, 0.25) is 5.02 Å². The van der Waals surface area contributed by atoms with E-state index >= 15 is 0 Å². The maximum atomic E-state index is 11.8. The Labute approximate surface area is 113 Å². The summed E-state index contributed by atoms with van der Waals surface area (Å²) in [5.74, 6) is 0.138. The van der Waals surface area contributed by atoms with E-state index in [9.17, 15) is 4.79 Å². The summed E-state index contributed by atoms with van der Waals surface area (Å²) in [6, 6.07) is 7.96. The highest BCUT2D eigenvalue weighted by Gasteiger charge is 2.14. The van der Waals surface area contributed by atoms with E-state index in [1.807, 2.05) is 24.3 Å². The van der Waals surface area contributed by atoms with Crippen LogP contribution < -0.4 is 10.6 Å². The van der Waals surface area contributed by atoms with Gasteiger partial charge < -0.3 is 10.6 Å². The van der Waals surface area contributed by atoms with Crippen molar-refractivity contribution in [2.75, 3.05) is 13.1 Å². The summed E-state index contributed by atoms with van der Waals surface area (Å²) in [5.41, 5.74) is 1.15. The standard InChI is InChI=1S/C14H19ClN2O/c15-12-6-3-11(4-7-12)5-8-14(18)17-13-2-1-9-16-10-13/h3-4,6-7,13,16H,1-2,5,8-10H2,(H,17,18)/t13-/m0/s1. The highest BCUT2D eigenvalue weighted by molar-refractivity contribution is 6.30. The third kappa shape index (κ3) is 4.31. The molecular formula is C14H19ClN2O. The fourth-order valence-electron chi connectivity index (χ4n) is 2.18. The lowest BCUT2D eigenvalue weighted by atomic mass is 10.1. The fraction of sp³-hybridized carbons (Fsp3) is 0.500. The molecule has 0 unspecified atom stereocenters. The van der Waals surface area contributed by atoms with Crippen molar-refractivity contribution >= 4 is 17.5 Å². The van der Waals surface area contributed by atoms with Gasteiger partial charge in [0.05, 0.1) is 0 Å². The molecule has 0 saturated carbocycles. The molecule has 1 fully saturated rings. The van der Waals surface area contributed by atoms with Gasteiger partial charge >= 0.3 is 0 Å². The number of halogens is 1. The van der Waals surface area contributed by atoms with Gasteiger partial charge in [0.1, 0.15) is 0 Å². The van der Waals surface area contributed by atoms with E-state index < -0.39 is 0 Å². The molecule has 1 aliphatic rings. The zero-order chi connectivity index (χ0) is 12.8. The minimum Gasteiger partial charge on any atom is -0.352 e. The first kappa shape index (κ1) is 13.4. The number of carbonyl (C=O) groups is 1. The number of benzene rings is 1. The molecule has 2 rings (SSSR count). The van der Waals surface area contributed by atoms with Crippen LogP contribution in [-0.2, 0) is 11.2 Å². The van der Waals surface area contributed by atoms with E-state index in [1.54, 1.807) is 0 Å². The number of aryl methyl sites for hydroxylation is 1. The van der Waals surface area contributed by atoms with Gasteiger partial charge in [-0.15, -0.1) is 0 Å². The molecule has 2 N–H and O–H groups in total. The van der Waals surface area contributed by atoms with Gasteiger partial charge in [-0.25, -0.2) is 0 Å². The summed E-state index contributed by atoms with van der Waals surface area (Å²) >= 11 is 5.82. The number of piperidine rings is 1. The smallest absolute Gasteiger partial charge is 0.220 e. The number of carbonyl (C=O) groups excluding carboxylic acids is 1. The van der Waals surface area contributed by atoms with Crippen LogP contribution >= 0.6 is 11.6 Å². The average Bonchev–Trinajstić information content (AvgIpc) is 2.39. The van der Waals surface area contributed by atoms with E-state index in [1.165, 1.54) is 0 Å². The number of amides is 1. The van der Waals surface area contributed by atoms with Crippen molar-refractivity contribution in [1.82, 2.24) is 10.6 Å². The second kappa shape index (κ2) is 6.76. The molecule has 0 aliphatic carbocycles. The highest BCUT2D eigenvalue weighted by atomic mass is 35.5. The molecule has 1 atom stereocenters. The van der Waals surface area contributed by atoms with Crippen molar-refractivity contribution < 1.29 is 4.79 Å². The van der Waals surface area contributed by atoms with Gasteiger partial charge in [0.2, 0.25) is 5.91 Å². The van der Waals surface area contributed by atoms with Gasteiger partial charge in [-0.2, -0.15) is 0 Å². The van der Waals surface area contributed by atoms with Crippen molar-refractivity contribution in [3.63, 3.8) is 0 Å². The molecular weight excluding hydrogens is 248 g/mol. The summed E-state index contributed by atoms with van der Waals surface area (Å²) < 4.78 is 0. The topological polar surface area (TPSA) is 41.1 Å². The molecule has 1 amide bonds. The lowest BCUT2D eigenvalue weighted by Gasteiger charge is -2.23. The molecule has 1 heterocycles. The number of nitrogens with one attached hydrogen (secondary N) is 2. The van der Waals surface area contributed by atoms with Crippen LogP contribution in [0.15, 0.2) is 24.3 Å². The first-order chi connectivity index (χ1) is 8.74. The first-order valence-electron chi connectivity index (χ1n) is 6.48. The van der Waals surface area contributed by atoms with E-state index in [0.717, 1.165) is 42.9 Å². The average molecular weight is 267 g/mol. The van der Waals surface area contributed by atoms with Gasteiger partial charge in [-0.1, -0.05) is 23.7 Å². The summed E-state index contributed by atoms with van der Waals surface area (Å²) in [5, 5.41) is 7.10. The summed E-state index contributed by atoms with van der Waals surface area (Å²) in [7, 11) is 0. The second-order valence-corrected chi connectivity index (χ2v) is 5.17. The summed E-state index contributed by atoms with van der Waals surface area (Å²) in [6.45, 7) is 1.96. The Morgan fingerprint density at radius 1 is 1.39 bits per heavy atom. The highest BCUT2D eigenvalue weighted by Crippen LogP contribution is 2.11. The van der Waals surface area contributed by atoms with Crippen molar-refractivity contribution in [1.29, 1.82) is 0 Å². The fourth-order valence-corrected chi connectivity index (χ4v) is 2.31. The molecule has 18 heavy (non-hydrogen) atoms. The molecule has 0 aromatic heterocycles. The molecule has 4 heteroatoms. The first-order valence-corrected chi connectivity index (χ1v) is 6.86. The van der Waals surface area contributed by atoms with Crippen LogP contribution in [-0.4, -0.2) is 25.0 Å². The third-order valence-corrected chi connectivity index (χ3v) is 3.47. The lowest BCUT2D eigenvalue weighted by Crippen LogP contribution is -2.45. The summed E-state index contributed by atoms with van der Waals surface area (Å²) in [6.07, 6.45) is 3.53. The lowest BCUT2D eigenvalue weighted by molar-refractivity contribution is -0.121. The molecule has 1 aromatic rings. The van der Waals surface area contributed by atoms with Gasteiger partial charge in [-0.05, 0) is 43.5 Å². The SMILES string of the molecule is O=C(CCc1ccc(Cl)cc1)N[C@H]1CCCNC1. The predicted octanol–water partition coefficient (Wildman–Crippen LogP) is 2.14. The van der Waals surface area contributed by atoms with Crippen LogP contribution in [0.5, 0.6) is 0 Å². The molecule has 0 bridgehead atoms. The molecule has 3 nitrogen and oxygen atoms in total. The van der Waals surface area contributed by atoms with E-state index in [2.05, 4.69) is 10.6 Å². The van der Waals surface area contributed by atoms with Crippen molar-refractivity contribution in [2.45, 2.75) is 31.7 Å². The Kier molecular flexibility index (Phi) is 5.02. The zero-order valence-electron chi connectivity index (χ0n) is 10.4. The van der Waals surface area contributed by atoms with E-state index in [0.29, 0.717) is 12.5 Å². The van der Waals surface area contributed by atoms with Crippen LogP contribution in [0.1, 0.15) is 24.8 Å². The largest absolute Gasteiger partial charge is 0.352 e. The third-order valence-electron chi connectivity index (χ3n) is 3.22. The van der Waals surface area contributed by atoms with Crippen molar-refractivity contribution in [2.24, 2.45) is 0 Å². The van der Waals surface area contributed by atoms with Crippen LogP contribution in [0.25, 0.3) is 0 Å². The van der Waals surface area contributed by atoms with Gasteiger partial charge in [0.15, 0.2) is 0 Å². The Hall–Kier alpha value is -1.06.